The largest absolute Gasteiger partial charge is 0.497 e. The highest BCUT2D eigenvalue weighted by atomic mass is 16.5. The fraction of sp³-hybridized carbons (Fsp3) is 0.261. The number of likely N-dealkylation sites (N-methyl/N-ethyl adjacent to an activating group) is 1. The molecule has 0 aromatic heterocycles. The summed E-state index contributed by atoms with van der Waals surface area (Å²) < 4.78 is 10.2. The number of nitrogens with one attached hydrogen (secondary N) is 1. The summed E-state index contributed by atoms with van der Waals surface area (Å²) >= 11 is 0. The molecule has 7 nitrogen and oxygen atoms in total. The van der Waals surface area contributed by atoms with E-state index in [9.17, 15) is 14.4 Å². The van der Waals surface area contributed by atoms with Gasteiger partial charge in [0.1, 0.15) is 5.75 Å². The molecule has 0 spiro atoms. The van der Waals surface area contributed by atoms with Gasteiger partial charge in [0.05, 0.1) is 25.8 Å². The van der Waals surface area contributed by atoms with Crippen LogP contribution in [0.1, 0.15) is 29.3 Å². The fourth-order valence-corrected chi connectivity index (χ4v) is 2.50. The highest BCUT2D eigenvalue weighted by Crippen LogP contribution is 2.14. The predicted octanol–water partition coefficient (Wildman–Crippen LogP) is 3.37. The summed E-state index contributed by atoms with van der Waals surface area (Å²) in [7, 11) is 3.12. The van der Waals surface area contributed by atoms with E-state index in [0.29, 0.717) is 23.6 Å². The molecule has 2 amide bonds. The third kappa shape index (κ3) is 7.09. The topological polar surface area (TPSA) is 84.9 Å². The maximum absolute atomic E-state index is 12.2. The van der Waals surface area contributed by atoms with E-state index < -0.39 is 5.97 Å². The van der Waals surface area contributed by atoms with Gasteiger partial charge in [-0.15, -0.1) is 0 Å². The van der Waals surface area contributed by atoms with Crippen molar-refractivity contribution in [2.45, 2.75) is 13.3 Å². The second-order valence-electron chi connectivity index (χ2n) is 6.57. The SMILES string of the molecule is CCCOC(=O)c1ccc(NC(=O)CN(C)C(=O)/C=C/c2cccc(OC)c2)cc1. The van der Waals surface area contributed by atoms with Crippen LogP contribution >= 0.6 is 0 Å². The predicted molar refractivity (Wildman–Crippen MR) is 115 cm³/mol. The van der Waals surface area contributed by atoms with E-state index in [1.54, 1.807) is 50.6 Å². The lowest BCUT2D eigenvalue weighted by atomic mass is 10.2. The van der Waals surface area contributed by atoms with Crippen LogP contribution in [0.15, 0.2) is 54.6 Å². The average Bonchev–Trinajstić information content (AvgIpc) is 2.76. The summed E-state index contributed by atoms with van der Waals surface area (Å²) in [4.78, 5) is 37.5. The minimum absolute atomic E-state index is 0.110. The van der Waals surface area contributed by atoms with Crippen LogP contribution in [0.4, 0.5) is 5.69 Å². The third-order valence-corrected chi connectivity index (χ3v) is 4.11. The van der Waals surface area contributed by atoms with Gasteiger partial charge in [0.2, 0.25) is 11.8 Å². The maximum atomic E-state index is 12.2. The number of esters is 1. The van der Waals surface area contributed by atoms with Gasteiger partial charge in [-0.1, -0.05) is 19.1 Å². The number of nitrogens with zero attached hydrogens (tertiary/aromatic N) is 1. The van der Waals surface area contributed by atoms with Crippen molar-refractivity contribution in [3.63, 3.8) is 0 Å². The molecule has 0 unspecified atom stereocenters. The minimum atomic E-state index is -0.400. The molecule has 2 aromatic carbocycles. The number of carbonyl (C=O) groups excluding carboxylic acids is 3. The molecule has 0 saturated carbocycles. The van der Waals surface area contributed by atoms with E-state index in [2.05, 4.69) is 5.32 Å². The first-order valence-corrected chi connectivity index (χ1v) is 9.57. The van der Waals surface area contributed by atoms with Gasteiger partial charge in [-0.25, -0.2) is 4.79 Å². The van der Waals surface area contributed by atoms with E-state index in [-0.39, 0.29) is 18.4 Å². The summed E-state index contributed by atoms with van der Waals surface area (Å²) in [6, 6.07) is 13.7. The van der Waals surface area contributed by atoms with Crippen LogP contribution in [-0.4, -0.2) is 50.0 Å². The lowest BCUT2D eigenvalue weighted by Gasteiger charge is -2.15. The highest BCUT2D eigenvalue weighted by molar-refractivity contribution is 5.98. The first-order chi connectivity index (χ1) is 14.4. The van der Waals surface area contributed by atoms with Crippen LogP contribution in [-0.2, 0) is 14.3 Å². The molecule has 0 radical (unpaired) electrons. The summed E-state index contributed by atoms with van der Waals surface area (Å²) in [5, 5.41) is 2.70. The number of amides is 2. The second kappa shape index (κ2) is 11.4. The molecule has 0 aliphatic heterocycles. The summed E-state index contributed by atoms with van der Waals surface area (Å²) in [5.74, 6) is -0.353. The molecule has 0 heterocycles. The molecule has 0 saturated heterocycles. The number of hydrogen-bond donors (Lipinski definition) is 1. The van der Waals surface area contributed by atoms with E-state index >= 15 is 0 Å². The van der Waals surface area contributed by atoms with E-state index in [4.69, 9.17) is 9.47 Å². The van der Waals surface area contributed by atoms with Crippen molar-refractivity contribution in [1.29, 1.82) is 0 Å². The fourth-order valence-electron chi connectivity index (χ4n) is 2.50. The Balaban J connectivity index is 1.86. The van der Waals surface area contributed by atoms with Crippen LogP contribution < -0.4 is 10.1 Å². The summed E-state index contributed by atoms with van der Waals surface area (Å²) in [6.45, 7) is 2.17. The Labute approximate surface area is 176 Å². The molecule has 0 atom stereocenters. The van der Waals surface area contributed by atoms with Gasteiger partial charge in [-0.05, 0) is 54.5 Å². The standard InChI is InChI=1S/C23H26N2O5/c1-4-14-30-23(28)18-9-11-19(12-10-18)24-21(26)16-25(2)22(27)13-8-17-6-5-7-20(15-17)29-3/h5-13,15H,4,14,16H2,1-3H3,(H,24,26)/b13-8+. The Morgan fingerprint density at radius 3 is 2.50 bits per heavy atom. The van der Waals surface area contributed by atoms with E-state index in [1.807, 2.05) is 25.1 Å². The Bertz CT molecular complexity index is 906. The highest BCUT2D eigenvalue weighted by Gasteiger charge is 2.12. The molecular formula is C23H26N2O5. The van der Waals surface area contributed by atoms with E-state index in [1.165, 1.54) is 11.0 Å². The van der Waals surface area contributed by atoms with Gasteiger partial charge in [0.25, 0.3) is 0 Å². The molecule has 2 rings (SSSR count). The van der Waals surface area contributed by atoms with Gasteiger partial charge in [-0.3, -0.25) is 9.59 Å². The zero-order valence-electron chi connectivity index (χ0n) is 17.4. The first-order valence-electron chi connectivity index (χ1n) is 9.57. The number of ether oxygens (including phenoxy) is 2. The molecule has 30 heavy (non-hydrogen) atoms. The lowest BCUT2D eigenvalue weighted by molar-refractivity contribution is -0.129. The summed E-state index contributed by atoms with van der Waals surface area (Å²) in [6.07, 6.45) is 3.81. The zero-order valence-corrected chi connectivity index (χ0v) is 17.4. The molecular weight excluding hydrogens is 384 g/mol. The van der Waals surface area contributed by atoms with Crippen LogP contribution in [0.5, 0.6) is 5.75 Å². The third-order valence-electron chi connectivity index (χ3n) is 4.11. The minimum Gasteiger partial charge on any atom is -0.497 e. The molecule has 0 aliphatic rings. The average molecular weight is 410 g/mol. The zero-order chi connectivity index (χ0) is 21.9. The Morgan fingerprint density at radius 2 is 1.83 bits per heavy atom. The summed E-state index contributed by atoms with van der Waals surface area (Å²) in [5.41, 5.74) is 1.76. The van der Waals surface area contributed by atoms with Crippen LogP contribution in [0, 0.1) is 0 Å². The Morgan fingerprint density at radius 1 is 1.10 bits per heavy atom. The molecule has 7 heteroatoms. The van der Waals surface area contributed by atoms with Crippen LogP contribution in [0.2, 0.25) is 0 Å². The van der Waals surface area contributed by atoms with Crippen molar-refractivity contribution >= 4 is 29.5 Å². The molecule has 1 N–H and O–H groups in total. The molecule has 0 bridgehead atoms. The van der Waals surface area contributed by atoms with Crippen molar-refractivity contribution in [1.82, 2.24) is 4.90 Å². The molecule has 0 fully saturated rings. The van der Waals surface area contributed by atoms with Gasteiger partial charge >= 0.3 is 5.97 Å². The van der Waals surface area contributed by atoms with Crippen molar-refractivity contribution in [2.75, 3.05) is 32.6 Å². The molecule has 0 aliphatic carbocycles. The quantitative estimate of drug-likeness (QED) is 0.506. The normalized spacial score (nSPS) is 10.5. The monoisotopic (exact) mass is 410 g/mol. The number of methoxy groups -OCH3 is 1. The van der Waals surface area contributed by atoms with Crippen molar-refractivity contribution in [3.05, 3.63) is 65.7 Å². The van der Waals surface area contributed by atoms with Gasteiger partial charge in [0.15, 0.2) is 0 Å². The van der Waals surface area contributed by atoms with Crippen molar-refractivity contribution < 1.29 is 23.9 Å². The van der Waals surface area contributed by atoms with E-state index in [0.717, 1.165) is 12.0 Å². The van der Waals surface area contributed by atoms with Crippen LogP contribution in [0.25, 0.3) is 6.08 Å². The first kappa shape index (κ1) is 22.7. The number of benzene rings is 2. The maximum Gasteiger partial charge on any atom is 0.338 e. The van der Waals surface area contributed by atoms with Gasteiger partial charge < -0.3 is 19.7 Å². The van der Waals surface area contributed by atoms with Gasteiger partial charge in [-0.2, -0.15) is 0 Å². The number of anilines is 1. The Kier molecular flexibility index (Phi) is 8.62. The Hall–Kier alpha value is -3.61. The number of hydrogen-bond acceptors (Lipinski definition) is 5. The van der Waals surface area contributed by atoms with Gasteiger partial charge in [0, 0.05) is 18.8 Å². The number of carbonyl (C=O) groups is 3. The molecule has 2 aromatic rings. The smallest absolute Gasteiger partial charge is 0.338 e. The molecule has 158 valence electrons. The number of rotatable bonds is 9. The van der Waals surface area contributed by atoms with Crippen molar-refractivity contribution in [3.8, 4) is 5.75 Å². The van der Waals surface area contributed by atoms with Crippen LogP contribution in [0.3, 0.4) is 0 Å². The van der Waals surface area contributed by atoms with Crippen molar-refractivity contribution in [2.24, 2.45) is 0 Å². The second-order valence-corrected chi connectivity index (χ2v) is 6.57. The lowest BCUT2D eigenvalue weighted by Crippen LogP contribution is -2.33.